The number of rotatable bonds is 3. The summed E-state index contributed by atoms with van der Waals surface area (Å²) >= 11 is 0. The number of aliphatic hydroxyl groups excluding tert-OH is 1. The summed E-state index contributed by atoms with van der Waals surface area (Å²) in [5, 5.41) is 12.9. The average Bonchev–Trinajstić information content (AvgIpc) is 2.34. The van der Waals surface area contributed by atoms with Gasteiger partial charge in [-0.1, -0.05) is 13.0 Å². The first-order chi connectivity index (χ1) is 8.61. The van der Waals surface area contributed by atoms with E-state index in [0.29, 0.717) is 24.7 Å². The summed E-state index contributed by atoms with van der Waals surface area (Å²) in [4.78, 5) is 1.93. The van der Waals surface area contributed by atoms with E-state index >= 15 is 0 Å². The molecule has 0 saturated carbocycles. The van der Waals surface area contributed by atoms with Gasteiger partial charge in [0.25, 0.3) is 0 Å². The maximum Gasteiger partial charge on any atom is 0.146 e. The summed E-state index contributed by atoms with van der Waals surface area (Å²) in [5.41, 5.74) is 1.53. The number of benzene rings is 1. The molecule has 1 saturated heterocycles. The molecule has 1 aliphatic rings. The Balaban J connectivity index is 2.13. The molecule has 18 heavy (non-hydrogen) atoms. The van der Waals surface area contributed by atoms with Crippen molar-refractivity contribution >= 4 is 5.69 Å². The van der Waals surface area contributed by atoms with Crippen molar-refractivity contribution < 1.29 is 9.50 Å². The lowest BCUT2D eigenvalue weighted by molar-refractivity contribution is 0.102. The van der Waals surface area contributed by atoms with E-state index in [-0.39, 0.29) is 11.9 Å². The van der Waals surface area contributed by atoms with Gasteiger partial charge < -0.3 is 15.3 Å². The number of anilines is 1. The first-order valence-electron chi connectivity index (χ1n) is 6.48. The average molecular weight is 252 g/mol. The fourth-order valence-corrected chi connectivity index (χ4v) is 2.39. The van der Waals surface area contributed by atoms with Crippen LogP contribution in [0.4, 0.5) is 10.1 Å². The third kappa shape index (κ3) is 2.82. The van der Waals surface area contributed by atoms with Crippen molar-refractivity contribution in [3.05, 3.63) is 29.6 Å². The minimum atomic E-state index is -0.366. The third-order valence-corrected chi connectivity index (χ3v) is 3.65. The Hall–Kier alpha value is -1.13. The first kappa shape index (κ1) is 13.3. The topological polar surface area (TPSA) is 35.5 Å². The standard InChI is InChI=1S/C14H21FN2O/c1-10-5-6-17(9-14(10)18)13-4-3-11(8-16-2)7-12(13)15/h3-4,7,10,14,16,18H,5-6,8-9H2,1-2H3. The molecule has 0 radical (unpaired) electrons. The van der Waals surface area contributed by atoms with Gasteiger partial charge in [-0.05, 0) is 37.1 Å². The van der Waals surface area contributed by atoms with Gasteiger partial charge in [-0.15, -0.1) is 0 Å². The Labute approximate surface area is 108 Å². The number of hydrogen-bond donors (Lipinski definition) is 2. The summed E-state index contributed by atoms with van der Waals surface area (Å²) < 4.78 is 14.0. The molecule has 1 heterocycles. The number of halogens is 1. The maximum atomic E-state index is 14.0. The van der Waals surface area contributed by atoms with E-state index in [1.807, 2.05) is 31.0 Å². The summed E-state index contributed by atoms with van der Waals surface area (Å²) in [5.74, 6) is 0.0948. The molecule has 1 aromatic rings. The molecule has 0 spiro atoms. The third-order valence-electron chi connectivity index (χ3n) is 3.65. The van der Waals surface area contributed by atoms with Crippen molar-refractivity contribution in [1.29, 1.82) is 0 Å². The molecule has 1 aliphatic heterocycles. The van der Waals surface area contributed by atoms with Crippen molar-refractivity contribution in [2.24, 2.45) is 5.92 Å². The van der Waals surface area contributed by atoms with Crippen LogP contribution in [-0.4, -0.2) is 31.3 Å². The van der Waals surface area contributed by atoms with E-state index in [4.69, 9.17) is 0 Å². The summed E-state index contributed by atoms with van der Waals surface area (Å²) in [6.45, 7) is 4.02. The van der Waals surface area contributed by atoms with E-state index in [1.54, 1.807) is 6.07 Å². The van der Waals surface area contributed by atoms with E-state index < -0.39 is 0 Å². The molecule has 4 heteroatoms. The lowest BCUT2D eigenvalue weighted by atomic mass is 9.95. The van der Waals surface area contributed by atoms with Gasteiger partial charge in [-0.25, -0.2) is 4.39 Å². The summed E-state index contributed by atoms with van der Waals surface area (Å²) in [6.07, 6.45) is 0.536. The quantitative estimate of drug-likeness (QED) is 0.860. The molecule has 3 nitrogen and oxygen atoms in total. The smallest absolute Gasteiger partial charge is 0.146 e. The number of nitrogens with zero attached hydrogens (tertiary/aromatic N) is 1. The number of hydrogen-bond acceptors (Lipinski definition) is 3. The maximum absolute atomic E-state index is 14.0. The van der Waals surface area contributed by atoms with Gasteiger partial charge in [0.1, 0.15) is 5.82 Å². The van der Waals surface area contributed by atoms with Gasteiger partial charge in [-0.2, -0.15) is 0 Å². The molecule has 1 fully saturated rings. The van der Waals surface area contributed by atoms with Crippen LogP contribution in [0, 0.1) is 11.7 Å². The largest absolute Gasteiger partial charge is 0.391 e. The second-order valence-corrected chi connectivity index (χ2v) is 5.10. The van der Waals surface area contributed by atoms with Gasteiger partial charge in [0.15, 0.2) is 0 Å². The number of β-amino-alcohol motifs (C(OH)–C–C–N with tert-alkyl or cyclic N) is 1. The molecule has 2 rings (SSSR count). The zero-order valence-electron chi connectivity index (χ0n) is 11.0. The predicted octanol–water partition coefficient (Wildman–Crippen LogP) is 1.75. The van der Waals surface area contributed by atoms with Gasteiger partial charge in [0.05, 0.1) is 11.8 Å². The second-order valence-electron chi connectivity index (χ2n) is 5.10. The highest BCUT2D eigenvalue weighted by molar-refractivity contribution is 5.49. The number of aliphatic hydroxyl groups is 1. The van der Waals surface area contributed by atoms with Crippen molar-refractivity contribution in [1.82, 2.24) is 5.32 Å². The van der Waals surface area contributed by atoms with Crippen LogP contribution in [0.5, 0.6) is 0 Å². The summed E-state index contributed by atoms with van der Waals surface area (Å²) in [6, 6.07) is 5.31. The van der Waals surface area contributed by atoms with E-state index in [0.717, 1.165) is 18.5 Å². The van der Waals surface area contributed by atoms with E-state index in [2.05, 4.69) is 5.32 Å². The second kappa shape index (κ2) is 5.67. The molecule has 0 bridgehead atoms. The molecule has 100 valence electrons. The zero-order chi connectivity index (χ0) is 13.1. The molecular formula is C14H21FN2O. The van der Waals surface area contributed by atoms with Crippen molar-refractivity contribution in [2.75, 3.05) is 25.0 Å². The van der Waals surface area contributed by atoms with Crippen LogP contribution in [0.3, 0.4) is 0 Å². The highest BCUT2D eigenvalue weighted by Gasteiger charge is 2.25. The SMILES string of the molecule is CNCc1ccc(N2CCC(C)C(O)C2)c(F)c1. The zero-order valence-corrected chi connectivity index (χ0v) is 11.0. The van der Waals surface area contributed by atoms with E-state index in [9.17, 15) is 9.50 Å². The molecular weight excluding hydrogens is 231 g/mol. The lowest BCUT2D eigenvalue weighted by Gasteiger charge is -2.36. The van der Waals surface area contributed by atoms with Crippen molar-refractivity contribution in [3.63, 3.8) is 0 Å². The Bertz CT molecular complexity index is 411. The molecule has 2 atom stereocenters. The Morgan fingerprint density at radius 1 is 1.50 bits per heavy atom. The minimum absolute atomic E-state index is 0.204. The monoisotopic (exact) mass is 252 g/mol. The fourth-order valence-electron chi connectivity index (χ4n) is 2.39. The fraction of sp³-hybridized carbons (Fsp3) is 0.571. The highest BCUT2D eigenvalue weighted by atomic mass is 19.1. The minimum Gasteiger partial charge on any atom is -0.391 e. The first-order valence-corrected chi connectivity index (χ1v) is 6.48. The van der Waals surface area contributed by atoms with Crippen LogP contribution in [0.15, 0.2) is 18.2 Å². The van der Waals surface area contributed by atoms with Gasteiger partial charge in [0, 0.05) is 19.6 Å². The normalized spacial score (nSPS) is 24.3. The van der Waals surface area contributed by atoms with Gasteiger partial charge >= 0.3 is 0 Å². The van der Waals surface area contributed by atoms with Crippen LogP contribution in [0.25, 0.3) is 0 Å². The summed E-state index contributed by atoms with van der Waals surface area (Å²) in [7, 11) is 1.84. The Morgan fingerprint density at radius 3 is 2.89 bits per heavy atom. The molecule has 0 aliphatic carbocycles. The lowest BCUT2D eigenvalue weighted by Crippen LogP contribution is -2.43. The Morgan fingerprint density at radius 2 is 2.28 bits per heavy atom. The van der Waals surface area contributed by atoms with E-state index in [1.165, 1.54) is 0 Å². The molecule has 0 aromatic heterocycles. The van der Waals surface area contributed by atoms with Gasteiger partial charge in [-0.3, -0.25) is 0 Å². The Kier molecular flexibility index (Phi) is 4.19. The van der Waals surface area contributed by atoms with Crippen LogP contribution in [-0.2, 0) is 6.54 Å². The van der Waals surface area contributed by atoms with Crippen molar-refractivity contribution in [2.45, 2.75) is 26.0 Å². The van der Waals surface area contributed by atoms with Crippen LogP contribution < -0.4 is 10.2 Å². The molecule has 0 amide bonds. The van der Waals surface area contributed by atoms with Gasteiger partial charge in [0.2, 0.25) is 0 Å². The van der Waals surface area contributed by atoms with Crippen molar-refractivity contribution in [3.8, 4) is 0 Å². The highest BCUT2D eigenvalue weighted by Crippen LogP contribution is 2.26. The molecule has 2 N–H and O–H groups in total. The van der Waals surface area contributed by atoms with Crippen LogP contribution in [0.2, 0.25) is 0 Å². The number of nitrogens with one attached hydrogen (secondary N) is 1. The van der Waals surface area contributed by atoms with Crippen LogP contribution >= 0.6 is 0 Å². The van der Waals surface area contributed by atoms with Crippen LogP contribution in [0.1, 0.15) is 18.9 Å². The predicted molar refractivity (Wildman–Crippen MR) is 71.2 cm³/mol. The number of piperidine rings is 1. The molecule has 2 unspecified atom stereocenters. The molecule has 1 aromatic carbocycles.